The predicted molar refractivity (Wildman–Crippen MR) is 71.3 cm³/mol. The summed E-state index contributed by atoms with van der Waals surface area (Å²) >= 11 is 0. The largest absolute Gasteiger partial charge is 0.480 e. The highest BCUT2D eigenvalue weighted by Gasteiger charge is 2.41. The van der Waals surface area contributed by atoms with Crippen LogP contribution in [0, 0.1) is 6.92 Å². The third-order valence-electron chi connectivity index (χ3n) is 3.73. The molecule has 1 aliphatic rings. The quantitative estimate of drug-likeness (QED) is 0.862. The normalized spacial score (nSPS) is 23.5. The Balaban J connectivity index is 2.00. The first-order valence-electron chi connectivity index (χ1n) is 6.63. The Labute approximate surface area is 116 Å². The van der Waals surface area contributed by atoms with E-state index in [2.05, 4.69) is 10.5 Å². The third-order valence-corrected chi connectivity index (χ3v) is 3.73. The van der Waals surface area contributed by atoms with Crippen LogP contribution in [0.1, 0.15) is 31.9 Å². The molecule has 1 unspecified atom stereocenters. The van der Waals surface area contributed by atoms with Gasteiger partial charge < -0.3 is 9.63 Å². The van der Waals surface area contributed by atoms with Gasteiger partial charge in [0.15, 0.2) is 0 Å². The molecule has 1 atom stereocenters. The molecule has 0 saturated carbocycles. The molecule has 2 rings (SSSR count). The maximum atomic E-state index is 12.0. The second-order valence-corrected chi connectivity index (χ2v) is 5.34. The van der Waals surface area contributed by atoms with E-state index in [1.165, 1.54) is 0 Å². The number of carbonyl (C=O) groups excluding carboxylic acids is 1. The standard InChI is InChI=1S/C13H19N3O4/c1-9-7-11(20-15-9)14-10(17)8-16-6-4-3-5-13(16,2)12(18)19/h7H,3-6,8H2,1-2H3,(H,14,17)(H,18,19). The zero-order chi connectivity index (χ0) is 14.8. The number of rotatable bonds is 4. The number of likely N-dealkylation sites (tertiary alicyclic amines) is 1. The minimum absolute atomic E-state index is 0.0303. The number of aryl methyl sites for hydroxylation is 1. The minimum atomic E-state index is -0.979. The van der Waals surface area contributed by atoms with Crippen LogP contribution in [0.4, 0.5) is 5.88 Å². The second kappa shape index (κ2) is 5.62. The molecule has 1 aromatic rings. The van der Waals surface area contributed by atoms with Crippen molar-refractivity contribution in [3.8, 4) is 0 Å². The fraction of sp³-hybridized carbons (Fsp3) is 0.615. The van der Waals surface area contributed by atoms with Crippen molar-refractivity contribution in [2.24, 2.45) is 0 Å². The predicted octanol–water partition coefficient (Wildman–Crippen LogP) is 1.25. The van der Waals surface area contributed by atoms with E-state index in [-0.39, 0.29) is 18.3 Å². The fourth-order valence-corrected chi connectivity index (χ4v) is 2.45. The van der Waals surface area contributed by atoms with Crippen LogP contribution in [-0.4, -0.2) is 45.7 Å². The SMILES string of the molecule is Cc1cc(NC(=O)CN2CCCCC2(C)C(=O)O)on1. The fourth-order valence-electron chi connectivity index (χ4n) is 2.45. The van der Waals surface area contributed by atoms with E-state index in [0.717, 1.165) is 12.8 Å². The maximum Gasteiger partial charge on any atom is 0.323 e. The van der Waals surface area contributed by atoms with Crippen molar-refractivity contribution in [3.63, 3.8) is 0 Å². The summed E-state index contributed by atoms with van der Waals surface area (Å²) < 4.78 is 4.91. The van der Waals surface area contributed by atoms with E-state index < -0.39 is 11.5 Å². The molecule has 2 heterocycles. The van der Waals surface area contributed by atoms with Crippen molar-refractivity contribution in [1.82, 2.24) is 10.1 Å². The number of carbonyl (C=O) groups is 2. The van der Waals surface area contributed by atoms with Crippen LogP contribution in [0.5, 0.6) is 0 Å². The van der Waals surface area contributed by atoms with E-state index >= 15 is 0 Å². The number of carboxylic acids is 1. The average Bonchev–Trinajstić information content (AvgIpc) is 2.77. The van der Waals surface area contributed by atoms with Crippen LogP contribution in [0.2, 0.25) is 0 Å². The zero-order valence-electron chi connectivity index (χ0n) is 11.7. The van der Waals surface area contributed by atoms with Gasteiger partial charge in [0.25, 0.3) is 0 Å². The molecule has 1 fully saturated rings. The molecule has 0 radical (unpaired) electrons. The zero-order valence-corrected chi connectivity index (χ0v) is 11.7. The minimum Gasteiger partial charge on any atom is -0.480 e. The highest BCUT2D eigenvalue weighted by Crippen LogP contribution is 2.28. The molecule has 0 bridgehead atoms. The van der Waals surface area contributed by atoms with Crippen LogP contribution in [-0.2, 0) is 9.59 Å². The average molecular weight is 281 g/mol. The molecule has 0 aromatic carbocycles. The van der Waals surface area contributed by atoms with Gasteiger partial charge in [0, 0.05) is 6.07 Å². The van der Waals surface area contributed by atoms with Crippen LogP contribution in [0.15, 0.2) is 10.6 Å². The molecule has 1 saturated heterocycles. The summed E-state index contributed by atoms with van der Waals surface area (Å²) in [4.78, 5) is 25.1. The van der Waals surface area contributed by atoms with Crippen LogP contribution < -0.4 is 5.32 Å². The molecule has 7 heteroatoms. The number of nitrogens with zero attached hydrogens (tertiary/aromatic N) is 2. The first-order valence-corrected chi connectivity index (χ1v) is 6.63. The molecule has 1 aliphatic heterocycles. The number of aliphatic carboxylic acids is 1. The molecule has 1 aromatic heterocycles. The summed E-state index contributed by atoms with van der Waals surface area (Å²) in [5, 5.41) is 15.6. The molecular formula is C13H19N3O4. The number of hydrogen-bond donors (Lipinski definition) is 2. The summed E-state index contributed by atoms with van der Waals surface area (Å²) in [7, 11) is 0. The first-order chi connectivity index (χ1) is 9.41. The van der Waals surface area contributed by atoms with Gasteiger partial charge in [0.05, 0.1) is 12.2 Å². The number of aromatic nitrogens is 1. The lowest BCUT2D eigenvalue weighted by Crippen LogP contribution is -2.57. The second-order valence-electron chi connectivity index (χ2n) is 5.34. The summed E-state index contributed by atoms with van der Waals surface area (Å²) in [6.07, 6.45) is 2.32. The van der Waals surface area contributed by atoms with Gasteiger partial charge in [-0.3, -0.25) is 19.8 Å². The van der Waals surface area contributed by atoms with Crippen LogP contribution in [0.3, 0.4) is 0 Å². The lowest BCUT2D eigenvalue weighted by molar-refractivity contribution is -0.153. The molecule has 20 heavy (non-hydrogen) atoms. The molecule has 0 spiro atoms. The summed E-state index contributed by atoms with van der Waals surface area (Å²) in [5.41, 5.74) is -0.305. The number of nitrogens with one attached hydrogen (secondary N) is 1. The highest BCUT2D eigenvalue weighted by atomic mass is 16.5. The van der Waals surface area contributed by atoms with Gasteiger partial charge in [-0.1, -0.05) is 5.16 Å². The van der Waals surface area contributed by atoms with E-state index in [1.807, 2.05) is 0 Å². The lowest BCUT2D eigenvalue weighted by Gasteiger charge is -2.41. The van der Waals surface area contributed by atoms with Crippen molar-refractivity contribution < 1.29 is 19.2 Å². The van der Waals surface area contributed by atoms with Crippen LogP contribution >= 0.6 is 0 Å². The number of piperidine rings is 1. The summed E-state index contributed by atoms with van der Waals surface area (Å²) in [5.74, 6) is -0.905. The molecule has 1 amide bonds. The van der Waals surface area contributed by atoms with Gasteiger partial charge in [-0.05, 0) is 39.7 Å². The number of carboxylic acid groups (broad SMARTS) is 1. The Hall–Kier alpha value is -1.89. The Morgan fingerprint density at radius 3 is 2.90 bits per heavy atom. The van der Waals surface area contributed by atoms with E-state index in [0.29, 0.717) is 18.7 Å². The van der Waals surface area contributed by atoms with Gasteiger partial charge in [-0.25, -0.2) is 0 Å². The van der Waals surface area contributed by atoms with E-state index in [9.17, 15) is 14.7 Å². The van der Waals surface area contributed by atoms with Crippen LogP contribution in [0.25, 0.3) is 0 Å². The van der Waals surface area contributed by atoms with E-state index in [4.69, 9.17) is 4.52 Å². The number of amides is 1. The van der Waals surface area contributed by atoms with Crippen molar-refractivity contribution in [2.45, 2.75) is 38.6 Å². The highest BCUT2D eigenvalue weighted by molar-refractivity contribution is 5.91. The van der Waals surface area contributed by atoms with Crippen molar-refractivity contribution >= 4 is 17.8 Å². The van der Waals surface area contributed by atoms with Gasteiger partial charge >= 0.3 is 5.97 Å². The van der Waals surface area contributed by atoms with Crippen molar-refractivity contribution in [1.29, 1.82) is 0 Å². The Morgan fingerprint density at radius 1 is 1.55 bits per heavy atom. The molecule has 0 aliphatic carbocycles. The summed E-state index contributed by atoms with van der Waals surface area (Å²) in [6, 6.07) is 1.62. The third kappa shape index (κ3) is 2.98. The lowest BCUT2D eigenvalue weighted by atomic mass is 9.88. The Kier molecular flexibility index (Phi) is 4.08. The maximum absolute atomic E-state index is 12.0. The summed E-state index contributed by atoms with van der Waals surface area (Å²) in [6.45, 7) is 4.06. The Bertz CT molecular complexity index is 513. The molecule has 110 valence electrons. The van der Waals surface area contributed by atoms with Gasteiger partial charge in [0.1, 0.15) is 5.54 Å². The molecule has 2 N–H and O–H groups in total. The first kappa shape index (κ1) is 14.5. The van der Waals surface area contributed by atoms with Gasteiger partial charge in [-0.15, -0.1) is 0 Å². The van der Waals surface area contributed by atoms with E-state index in [1.54, 1.807) is 24.8 Å². The smallest absolute Gasteiger partial charge is 0.323 e. The van der Waals surface area contributed by atoms with Crippen molar-refractivity contribution in [3.05, 3.63) is 11.8 Å². The van der Waals surface area contributed by atoms with Gasteiger partial charge in [0.2, 0.25) is 11.8 Å². The molecule has 7 nitrogen and oxygen atoms in total. The monoisotopic (exact) mass is 281 g/mol. The number of anilines is 1. The Morgan fingerprint density at radius 2 is 2.30 bits per heavy atom. The number of hydrogen-bond acceptors (Lipinski definition) is 5. The van der Waals surface area contributed by atoms with Crippen molar-refractivity contribution in [2.75, 3.05) is 18.4 Å². The van der Waals surface area contributed by atoms with Gasteiger partial charge in [-0.2, -0.15) is 0 Å². The topological polar surface area (TPSA) is 95.7 Å². The molecular weight excluding hydrogens is 262 g/mol.